The van der Waals surface area contributed by atoms with Gasteiger partial charge in [0.05, 0.1) is 10.8 Å². The molecular formula is C14H22O2S. The van der Waals surface area contributed by atoms with E-state index >= 15 is 0 Å². The minimum Gasteiger partial charge on any atom is -0.298 e. The third kappa shape index (κ3) is 1.74. The molecule has 96 valence electrons. The van der Waals surface area contributed by atoms with Gasteiger partial charge in [-0.1, -0.05) is 19.4 Å². The normalized spacial score (nSPS) is 37.8. The number of hydrogen-bond donors (Lipinski definition) is 0. The van der Waals surface area contributed by atoms with Crippen molar-refractivity contribution in [2.75, 3.05) is 0 Å². The van der Waals surface area contributed by atoms with Crippen molar-refractivity contribution in [2.45, 2.75) is 58.1 Å². The lowest BCUT2D eigenvalue weighted by Gasteiger charge is -2.38. The minimum atomic E-state index is -1.09. The molecule has 1 heterocycles. The summed E-state index contributed by atoms with van der Waals surface area (Å²) in [7, 11) is -1.09. The van der Waals surface area contributed by atoms with Gasteiger partial charge in [0.1, 0.15) is 4.75 Å². The molecule has 1 aliphatic carbocycles. The third-order valence-electron chi connectivity index (χ3n) is 4.33. The van der Waals surface area contributed by atoms with Crippen molar-refractivity contribution in [3.8, 4) is 0 Å². The molecule has 0 bridgehead atoms. The van der Waals surface area contributed by atoms with Gasteiger partial charge in [0.2, 0.25) is 0 Å². The number of carbonyl (C=O) groups is 1. The average Bonchev–Trinajstić information content (AvgIpc) is 2.44. The Morgan fingerprint density at radius 1 is 1.41 bits per heavy atom. The lowest BCUT2D eigenvalue weighted by Crippen LogP contribution is -2.50. The summed E-state index contributed by atoms with van der Waals surface area (Å²) in [6.45, 7) is 8.25. The van der Waals surface area contributed by atoms with Crippen LogP contribution in [-0.4, -0.2) is 14.7 Å². The Morgan fingerprint density at radius 3 is 2.65 bits per heavy atom. The van der Waals surface area contributed by atoms with Gasteiger partial charge in [-0.15, -0.1) is 0 Å². The first-order valence-corrected chi connectivity index (χ1v) is 7.68. The molecule has 1 saturated carbocycles. The molecule has 1 aliphatic heterocycles. The van der Waals surface area contributed by atoms with Gasteiger partial charge in [-0.3, -0.25) is 9.00 Å². The number of ketones is 1. The van der Waals surface area contributed by atoms with E-state index in [0.717, 1.165) is 24.2 Å². The van der Waals surface area contributed by atoms with Crippen LogP contribution in [0.15, 0.2) is 10.5 Å². The maximum atomic E-state index is 12.7. The van der Waals surface area contributed by atoms with Crippen LogP contribution in [0.5, 0.6) is 0 Å². The lowest BCUT2D eigenvalue weighted by atomic mass is 9.71. The Balaban J connectivity index is 2.49. The third-order valence-corrected chi connectivity index (χ3v) is 6.55. The highest BCUT2D eigenvalue weighted by molar-refractivity contribution is 7.91. The fourth-order valence-electron chi connectivity index (χ4n) is 3.51. The van der Waals surface area contributed by atoms with Crippen LogP contribution in [0.1, 0.15) is 53.4 Å². The molecule has 2 nitrogen and oxygen atoms in total. The van der Waals surface area contributed by atoms with Gasteiger partial charge in [0, 0.05) is 17.2 Å². The highest BCUT2D eigenvalue weighted by Crippen LogP contribution is 2.51. The molecule has 2 rings (SSSR count). The van der Waals surface area contributed by atoms with E-state index < -0.39 is 15.5 Å². The Kier molecular flexibility index (Phi) is 3.32. The van der Waals surface area contributed by atoms with E-state index in [4.69, 9.17) is 0 Å². The second kappa shape index (κ2) is 4.34. The topological polar surface area (TPSA) is 34.1 Å². The Labute approximate surface area is 106 Å². The lowest BCUT2D eigenvalue weighted by molar-refractivity contribution is -0.124. The van der Waals surface area contributed by atoms with Crippen molar-refractivity contribution in [1.82, 2.24) is 0 Å². The van der Waals surface area contributed by atoms with E-state index in [0.29, 0.717) is 12.3 Å². The quantitative estimate of drug-likeness (QED) is 0.758. The number of carbonyl (C=O) groups excluding carboxylic acids is 1. The second-order valence-electron chi connectivity index (χ2n) is 5.86. The SMILES string of the molecule is CC1=C(C)S(=O)[C@@]2(CC(C)C)C(=O)CCC[C@@H]12. The van der Waals surface area contributed by atoms with E-state index in [1.54, 1.807) is 0 Å². The Hall–Kier alpha value is -0.440. The molecular weight excluding hydrogens is 232 g/mol. The molecule has 17 heavy (non-hydrogen) atoms. The number of rotatable bonds is 2. The summed E-state index contributed by atoms with van der Waals surface area (Å²) in [5.74, 6) is 0.908. The van der Waals surface area contributed by atoms with Crippen molar-refractivity contribution >= 4 is 16.6 Å². The molecule has 0 spiro atoms. The van der Waals surface area contributed by atoms with Gasteiger partial charge >= 0.3 is 0 Å². The van der Waals surface area contributed by atoms with Crippen LogP contribution in [0.2, 0.25) is 0 Å². The predicted octanol–water partition coefficient (Wildman–Crippen LogP) is 3.20. The first kappa shape index (κ1) is 13.0. The molecule has 0 aromatic carbocycles. The number of fused-ring (bicyclic) bond motifs is 1. The van der Waals surface area contributed by atoms with E-state index in [9.17, 15) is 9.00 Å². The molecule has 0 N–H and O–H groups in total. The summed E-state index contributed by atoms with van der Waals surface area (Å²) in [4.78, 5) is 13.4. The van der Waals surface area contributed by atoms with Gasteiger partial charge in [-0.05, 0) is 39.0 Å². The van der Waals surface area contributed by atoms with Crippen molar-refractivity contribution < 1.29 is 9.00 Å². The van der Waals surface area contributed by atoms with Crippen molar-refractivity contribution in [3.63, 3.8) is 0 Å². The zero-order valence-electron chi connectivity index (χ0n) is 11.2. The molecule has 0 saturated heterocycles. The summed E-state index contributed by atoms with van der Waals surface area (Å²) in [6, 6.07) is 0. The Bertz CT molecular complexity index is 408. The maximum absolute atomic E-state index is 12.7. The summed E-state index contributed by atoms with van der Waals surface area (Å²) in [5, 5.41) is 0. The van der Waals surface area contributed by atoms with Crippen LogP contribution in [0, 0.1) is 11.8 Å². The predicted molar refractivity (Wildman–Crippen MR) is 71.1 cm³/mol. The van der Waals surface area contributed by atoms with Crippen LogP contribution in [0.3, 0.4) is 0 Å². The maximum Gasteiger partial charge on any atom is 0.152 e. The summed E-state index contributed by atoms with van der Waals surface area (Å²) in [5.41, 5.74) is 1.22. The van der Waals surface area contributed by atoms with Gasteiger partial charge in [-0.2, -0.15) is 0 Å². The zero-order valence-corrected chi connectivity index (χ0v) is 12.0. The van der Waals surface area contributed by atoms with Crippen LogP contribution in [-0.2, 0) is 15.6 Å². The van der Waals surface area contributed by atoms with E-state index in [2.05, 4.69) is 20.8 Å². The largest absolute Gasteiger partial charge is 0.298 e. The van der Waals surface area contributed by atoms with Gasteiger partial charge in [-0.25, -0.2) is 0 Å². The van der Waals surface area contributed by atoms with Crippen molar-refractivity contribution in [1.29, 1.82) is 0 Å². The molecule has 3 atom stereocenters. The van der Waals surface area contributed by atoms with Gasteiger partial charge < -0.3 is 0 Å². The smallest absolute Gasteiger partial charge is 0.152 e. The fraction of sp³-hybridized carbons (Fsp3) is 0.786. The van der Waals surface area contributed by atoms with Crippen molar-refractivity contribution in [2.24, 2.45) is 11.8 Å². The highest BCUT2D eigenvalue weighted by atomic mass is 32.2. The molecule has 0 aromatic rings. The first-order chi connectivity index (χ1) is 7.91. The second-order valence-corrected chi connectivity index (χ2v) is 7.74. The zero-order chi connectivity index (χ0) is 12.8. The minimum absolute atomic E-state index is 0.243. The summed E-state index contributed by atoms with van der Waals surface area (Å²) < 4.78 is 12.1. The number of Topliss-reactive ketones (excluding diaryl/α,β-unsaturated/α-hetero) is 1. The van der Waals surface area contributed by atoms with E-state index in [1.165, 1.54) is 5.57 Å². The molecule has 0 amide bonds. The van der Waals surface area contributed by atoms with Crippen LogP contribution < -0.4 is 0 Å². The number of hydrogen-bond acceptors (Lipinski definition) is 2. The molecule has 3 heteroatoms. The molecule has 1 fully saturated rings. The number of allylic oxidation sites excluding steroid dienone is 2. The summed E-state index contributed by atoms with van der Waals surface area (Å²) in [6.07, 6.45) is 3.39. The average molecular weight is 254 g/mol. The molecule has 0 radical (unpaired) electrons. The first-order valence-electron chi connectivity index (χ1n) is 6.53. The highest BCUT2D eigenvalue weighted by Gasteiger charge is 2.57. The summed E-state index contributed by atoms with van der Waals surface area (Å²) >= 11 is 0. The van der Waals surface area contributed by atoms with E-state index in [1.807, 2.05) is 6.92 Å². The van der Waals surface area contributed by atoms with E-state index in [-0.39, 0.29) is 11.7 Å². The molecule has 1 unspecified atom stereocenters. The standard InChI is InChI=1S/C14H22O2S/c1-9(2)8-14-12(6-5-7-13(14)15)10(3)11(4)17(14)16/h9,12H,5-8H2,1-4H3/t12-,14+,17?/m0/s1. The van der Waals surface area contributed by atoms with Crippen LogP contribution >= 0.6 is 0 Å². The fourth-order valence-corrected chi connectivity index (χ4v) is 5.84. The molecule has 2 aliphatic rings. The van der Waals surface area contributed by atoms with Crippen LogP contribution in [0.25, 0.3) is 0 Å². The monoisotopic (exact) mass is 254 g/mol. The molecule has 0 aromatic heterocycles. The van der Waals surface area contributed by atoms with Gasteiger partial charge in [0.15, 0.2) is 5.78 Å². The van der Waals surface area contributed by atoms with Crippen LogP contribution in [0.4, 0.5) is 0 Å². The Morgan fingerprint density at radius 2 is 2.06 bits per heavy atom. The van der Waals surface area contributed by atoms with Crippen molar-refractivity contribution in [3.05, 3.63) is 10.5 Å². The van der Waals surface area contributed by atoms with Gasteiger partial charge in [0.25, 0.3) is 0 Å².